The maximum Gasteiger partial charge on any atom is 0.0701 e. The van der Waals surface area contributed by atoms with Crippen LogP contribution in [-0.2, 0) is 0 Å². The summed E-state index contributed by atoms with van der Waals surface area (Å²) in [5.74, 6) is 0. The van der Waals surface area contributed by atoms with Crippen molar-refractivity contribution < 1.29 is 0 Å². The van der Waals surface area contributed by atoms with Crippen molar-refractivity contribution in [2.75, 3.05) is 0 Å². The minimum Gasteiger partial charge on any atom is -0.401 e. The van der Waals surface area contributed by atoms with Crippen molar-refractivity contribution in [3.63, 3.8) is 0 Å². The number of hydrogen-bond acceptors (Lipinski definition) is 3. The number of nitrogens with two attached hydrogens (primary N) is 1. The van der Waals surface area contributed by atoms with Crippen LogP contribution in [0.1, 0.15) is 6.92 Å². The quantitative estimate of drug-likeness (QED) is 0.535. The smallest absolute Gasteiger partial charge is 0.0701 e. The van der Waals surface area contributed by atoms with Crippen molar-refractivity contribution in [2.24, 2.45) is 5.73 Å². The Labute approximate surface area is 58.3 Å². The molecule has 0 atom stereocenters. The predicted molar refractivity (Wildman–Crippen MR) is 41.3 cm³/mol. The zero-order chi connectivity index (χ0) is 6.85. The first-order valence-corrected chi connectivity index (χ1v) is 3.48. The van der Waals surface area contributed by atoms with E-state index in [2.05, 4.69) is 0 Å². The zero-order valence-corrected chi connectivity index (χ0v) is 5.96. The molecule has 0 fully saturated rings. The number of rotatable bonds is 0. The third kappa shape index (κ3) is 1.16. The molecule has 0 aromatic rings. The minimum atomic E-state index is 0.528. The van der Waals surface area contributed by atoms with Crippen molar-refractivity contribution in [3.05, 3.63) is 22.1 Å². The molecule has 2 nitrogen and oxygen atoms in total. The molecule has 0 bridgehead atoms. The van der Waals surface area contributed by atoms with E-state index in [9.17, 15) is 0 Å². The molecule has 3 N–H and O–H groups in total. The van der Waals surface area contributed by atoms with Gasteiger partial charge in [-0.2, -0.15) is 0 Å². The molecule has 9 heavy (non-hydrogen) atoms. The minimum absolute atomic E-state index is 0.528. The van der Waals surface area contributed by atoms with Crippen molar-refractivity contribution in [1.29, 1.82) is 5.41 Å². The average molecular weight is 140 g/mol. The second-order valence-corrected chi connectivity index (χ2v) is 2.76. The fourth-order valence-electron chi connectivity index (χ4n) is 0.615. The fourth-order valence-corrected chi connectivity index (χ4v) is 1.34. The third-order valence-corrected chi connectivity index (χ3v) is 2.07. The van der Waals surface area contributed by atoms with Crippen LogP contribution in [-0.4, -0.2) is 5.71 Å². The van der Waals surface area contributed by atoms with Crippen LogP contribution in [0.4, 0.5) is 0 Å². The molecule has 0 aromatic heterocycles. The molecule has 0 aliphatic carbocycles. The van der Waals surface area contributed by atoms with Gasteiger partial charge in [0.15, 0.2) is 0 Å². The third-order valence-electron chi connectivity index (χ3n) is 1.02. The lowest BCUT2D eigenvalue weighted by Gasteiger charge is -1.96. The topological polar surface area (TPSA) is 49.9 Å². The van der Waals surface area contributed by atoms with Crippen LogP contribution in [0.25, 0.3) is 0 Å². The summed E-state index contributed by atoms with van der Waals surface area (Å²) in [5, 5.41) is 9.16. The lowest BCUT2D eigenvalue weighted by atomic mass is 10.3. The second kappa shape index (κ2) is 2.27. The molecule has 1 aliphatic rings. The monoisotopic (exact) mass is 140 g/mol. The fraction of sp³-hybridized carbons (Fsp3) is 0.167. The highest BCUT2D eigenvalue weighted by Gasteiger charge is 2.08. The van der Waals surface area contributed by atoms with Gasteiger partial charge in [0.1, 0.15) is 0 Å². The van der Waals surface area contributed by atoms with Gasteiger partial charge < -0.3 is 5.73 Å². The molecule has 0 aromatic carbocycles. The first kappa shape index (κ1) is 6.42. The highest BCUT2D eigenvalue weighted by Crippen LogP contribution is 2.26. The molecule has 0 unspecified atom stereocenters. The molecular weight excluding hydrogens is 132 g/mol. The van der Waals surface area contributed by atoms with E-state index < -0.39 is 0 Å². The normalized spacial score (nSPS) is 23.0. The van der Waals surface area contributed by atoms with E-state index >= 15 is 0 Å². The number of hydrogen-bond donors (Lipinski definition) is 2. The first-order valence-electron chi connectivity index (χ1n) is 2.60. The van der Waals surface area contributed by atoms with Gasteiger partial charge in [0, 0.05) is 5.70 Å². The van der Waals surface area contributed by atoms with Crippen LogP contribution in [0.5, 0.6) is 0 Å². The summed E-state index contributed by atoms with van der Waals surface area (Å²) in [6.45, 7) is 1.81. The molecule has 48 valence electrons. The predicted octanol–water partition coefficient (Wildman–Crippen LogP) is 1.46. The molecule has 3 heteroatoms. The average Bonchev–Trinajstić information content (AvgIpc) is 2.13. The summed E-state index contributed by atoms with van der Waals surface area (Å²) >= 11 is 1.51. The Morgan fingerprint density at radius 1 is 1.78 bits per heavy atom. The Balaban J connectivity index is 2.90. The van der Waals surface area contributed by atoms with E-state index in [1.165, 1.54) is 11.8 Å². The summed E-state index contributed by atoms with van der Waals surface area (Å²) in [7, 11) is 0. The number of nitrogens with one attached hydrogen (secondary N) is 1. The van der Waals surface area contributed by atoms with Crippen LogP contribution >= 0.6 is 11.8 Å². The van der Waals surface area contributed by atoms with Crippen LogP contribution in [0.3, 0.4) is 0 Å². The van der Waals surface area contributed by atoms with Crippen molar-refractivity contribution >= 4 is 17.5 Å². The van der Waals surface area contributed by atoms with E-state index in [1.807, 2.05) is 12.3 Å². The maximum absolute atomic E-state index is 7.29. The van der Waals surface area contributed by atoms with E-state index in [0.29, 0.717) is 5.71 Å². The summed E-state index contributed by atoms with van der Waals surface area (Å²) in [4.78, 5) is 0.884. The first-order chi connectivity index (χ1) is 4.22. The summed E-state index contributed by atoms with van der Waals surface area (Å²) in [6.07, 6.45) is 1.75. The van der Waals surface area contributed by atoms with Crippen LogP contribution in [0.2, 0.25) is 0 Å². The van der Waals surface area contributed by atoms with Gasteiger partial charge in [-0.15, -0.1) is 0 Å². The van der Waals surface area contributed by atoms with Gasteiger partial charge >= 0.3 is 0 Å². The van der Waals surface area contributed by atoms with Crippen molar-refractivity contribution in [3.8, 4) is 0 Å². The maximum atomic E-state index is 7.29. The van der Waals surface area contributed by atoms with E-state index in [0.717, 1.165) is 10.6 Å². The van der Waals surface area contributed by atoms with Gasteiger partial charge in [0.05, 0.1) is 10.6 Å². The lowest BCUT2D eigenvalue weighted by Crippen LogP contribution is -1.99. The Kier molecular flexibility index (Phi) is 1.62. The summed E-state index contributed by atoms with van der Waals surface area (Å²) in [6, 6.07) is 0. The Bertz CT molecular complexity index is 196. The van der Waals surface area contributed by atoms with Crippen molar-refractivity contribution in [1.82, 2.24) is 0 Å². The highest BCUT2D eigenvalue weighted by molar-refractivity contribution is 8.07. The Morgan fingerprint density at radius 3 is 2.67 bits per heavy atom. The van der Waals surface area contributed by atoms with E-state index in [1.54, 1.807) is 6.08 Å². The van der Waals surface area contributed by atoms with Gasteiger partial charge in [0.2, 0.25) is 0 Å². The van der Waals surface area contributed by atoms with Gasteiger partial charge in [-0.25, -0.2) is 0 Å². The molecule has 1 heterocycles. The molecule has 0 spiro atoms. The molecule has 1 rings (SSSR count). The standard InChI is InChI=1S/C6H8N2S/c1-4(7)6-5(8)2-3-9-6/h2-3,8H,7H2,1H3/b6-4+,8-5?. The largest absolute Gasteiger partial charge is 0.401 e. The van der Waals surface area contributed by atoms with Crippen LogP contribution in [0, 0.1) is 5.41 Å². The zero-order valence-electron chi connectivity index (χ0n) is 5.14. The lowest BCUT2D eigenvalue weighted by molar-refractivity contribution is 1.31. The molecular formula is C6H8N2S. The van der Waals surface area contributed by atoms with Gasteiger partial charge in [-0.05, 0) is 18.4 Å². The number of allylic oxidation sites excluding steroid dienone is 3. The SMILES string of the molecule is C/C(N)=C1\SC=CC1=N. The molecule has 0 saturated carbocycles. The molecule has 0 saturated heterocycles. The van der Waals surface area contributed by atoms with Crippen LogP contribution in [0.15, 0.2) is 22.1 Å². The molecule has 1 aliphatic heterocycles. The second-order valence-electron chi connectivity index (χ2n) is 1.85. The van der Waals surface area contributed by atoms with Crippen molar-refractivity contribution in [2.45, 2.75) is 6.92 Å². The van der Waals surface area contributed by atoms with Crippen LogP contribution < -0.4 is 5.73 Å². The molecule has 0 radical (unpaired) electrons. The Morgan fingerprint density at radius 2 is 2.44 bits per heavy atom. The highest BCUT2D eigenvalue weighted by atomic mass is 32.2. The van der Waals surface area contributed by atoms with E-state index in [4.69, 9.17) is 11.1 Å². The number of thioether (sulfide) groups is 1. The van der Waals surface area contributed by atoms with Gasteiger partial charge in [-0.1, -0.05) is 11.8 Å². The summed E-state index contributed by atoms with van der Waals surface area (Å²) < 4.78 is 0. The van der Waals surface area contributed by atoms with E-state index in [-0.39, 0.29) is 0 Å². The Hall–Kier alpha value is -0.700. The summed E-state index contributed by atoms with van der Waals surface area (Å²) in [5.41, 5.74) is 6.73. The van der Waals surface area contributed by atoms with Gasteiger partial charge in [0.25, 0.3) is 0 Å². The molecule has 0 amide bonds. The van der Waals surface area contributed by atoms with Gasteiger partial charge in [-0.3, -0.25) is 5.41 Å².